The first kappa shape index (κ1) is 13.5. The zero-order valence-electron chi connectivity index (χ0n) is 11.2. The van der Waals surface area contributed by atoms with E-state index in [9.17, 15) is 4.79 Å². The number of nitrogens with zero attached hydrogens (tertiary/aromatic N) is 1. The zero-order valence-corrected chi connectivity index (χ0v) is 11.2. The zero-order chi connectivity index (χ0) is 12.2. The largest absolute Gasteiger partial charge is 0.337 e. The lowest BCUT2D eigenvalue weighted by Crippen LogP contribution is -2.46. The van der Waals surface area contributed by atoms with Gasteiger partial charge in [0.25, 0.3) is 0 Å². The van der Waals surface area contributed by atoms with Crippen molar-refractivity contribution in [3.63, 3.8) is 0 Å². The van der Waals surface area contributed by atoms with Crippen molar-refractivity contribution in [2.45, 2.75) is 52.0 Å². The molecule has 94 valence electrons. The van der Waals surface area contributed by atoms with Gasteiger partial charge >= 0.3 is 0 Å². The van der Waals surface area contributed by atoms with Crippen LogP contribution in [-0.4, -0.2) is 36.5 Å². The fraction of sp³-hybridized carbons (Fsp3) is 0.923. The first-order chi connectivity index (χ1) is 7.54. The van der Waals surface area contributed by atoms with E-state index in [1.54, 1.807) is 0 Å². The van der Waals surface area contributed by atoms with Gasteiger partial charge in [-0.3, -0.25) is 4.79 Å². The predicted octanol–water partition coefficient (Wildman–Crippen LogP) is 2.02. The van der Waals surface area contributed by atoms with E-state index in [0.29, 0.717) is 18.2 Å². The van der Waals surface area contributed by atoms with Crippen LogP contribution in [0, 0.1) is 5.92 Å². The van der Waals surface area contributed by atoms with E-state index in [-0.39, 0.29) is 5.54 Å². The third-order valence-corrected chi connectivity index (χ3v) is 3.85. The van der Waals surface area contributed by atoms with Crippen molar-refractivity contribution in [2.75, 3.05) is 20.1 Å². The van der Waals surface area contributed by atoms with Gasteiger partial charge in [-0.15, -0.1) is 0 Å². The number of nitrogens with one attached hydrogen (secondary N) is 1. The summed E-state index contributed by atoms with van der Waals surface area (Å²) in [5.74, 6) is 0.785. The molecule has 1 aliphatic heterocycles. The van der Waals surface area contributed by atoms with Crippen LogP contribution in [0.1, 0.15) is 46.5 Å². The lowest BCUT2D eigenvalue weighted by molar-refractivity contribution is -0.130. The van der Waals surface area contributed by atoms with Crippen molar-refractivity contribution in [3.05, 3.63) is 0 Å². The number of hydrogen-bond donors (Lipinski definition) is 1. The number of carbonyl (C=O) groups excluding carboxylic acids is 1. The molecule has 3 heteroatoms. The van der Waals surface area contributed by atoms with Gasteiger partial charge < -0.3 is 10.2 Å². The van der Waals surface area contributed by atoms with Crippen molar-refractivity contribution < 1.29 is 4.79 Å². The van der Waals surface area contributed by atoms with Crippen molar-refractivity contribution in [3.8, 4) is 0 Å². The molecule has 1 saturated heterocycles. The van der Waals surface area contributed by atoms with Crippen LogP contribution in [0.4, 0.5) is 0 Å². The van der Waals surface area contributed by atoms with Gasteiger partial charge in [-0.25, -0.2) is 0 Å². The monoisotopic (exact) mass is 226 g/mol. The number of rotatable bonds is 6. The van der Waals surface area contributed by atoms with Gasteiger partial charge in [0.2, 0.25) is 5.91 Å². The third kappa shape index (κ3) is 2.76. The van der Waals surface area contributed by atoms with Crippen molar-refractivity contribution in [1.29, 1.82) is 0 Å². The smallest absolute Gasteiger partial charge is 0.223 e. The Kier molecular flexibility index (Phi) is 4.78. The van der Waals surface area contributed by atoms with Crippen LogP contribution in [-0.2, 0) is 4.79 Å². The second-order valence-electron chi connectivity index (χ2n) is 5.36. The van der Waals surface area contributed by atoms with Crippen LogP contribution in [0.25, 0.3) is 0 Å². The molecule has 3 nitrogen and oxygen atoms in total. The Morgan fingerprint density at radius 3 is 2.69 bits per heavy atom. The molecule has 1 fully saturated rings. The minimum absolute atomic E-state index is 0.0217. The molecule has 1 amide bonds. The van der Waals surface area contributed by atoms with Gasteiger partial charge in [-0.2, -0.15) is 0 Å². The lowest BCUT2D eigenvalue weighted by atomic mass is 9.88. The molecular formula is C13H26N2O. The summed E-state index contributed by atoms with van der Waals surface area (Å²) in [6.45, 7) is 8.46. The topological polar surface area (TPSA) is 32.3 Å². The fourth-order valence-electron chi connectivity index (χ4n) is 2.61. The van der Waals surface area contributed by atoms with Crippen LogP contribution in [0.3, 0.4) is 0 Å². The summed E-state index contributed by atoms with van der Waals surface area (Å²) < 4.78 is 0. The van der Waals surface area contributed by atoms with Crippen LogP contribution < -0.4 is 5.32 Å². The summed E-state index contributed by atoms with van der Waals surface area (Å²) in [6, 6.07) is 0. The fourth-order valence-corrected chi connectivity index (χ4v) is 2.61. The van der Waals surface area contributed by atoms with Gasteiger partial charge in [0.1, 0.15) is 0 Å². The van der Waals surface area contributed by atoms with E-state index in [1.807, 2.05) is 7.05 Å². The highest BCUT2D eigenvalue weighted by atomic mass is 16.2. The highest BCUT2D eigenvalue weighted by Crippen LogP contribution is 2.35. The summed E-state index contributed by atoms with van der Waals surface area (Å²) in [6.07, 6.45) is 4.27. The molecule has 0 aliphatic carbocycles. The Labute approximate surface area is 99.6 Å². The molecule has 1 atom stereocenters. The van der Waals surface area contributed by atoms with E-state index < -0.39 is 0 Å². The number of amides is 1. The van der Waals surface area contributed by atoms with Gasteiger partial charge in [-0.1, -0.05) is 19.8 Å². The Hall–Kier alpha value is -0.570. The summed E-state index contributed by atoms with van der Waals surface area (Å²) >= 11 is 0. The summed E-state index contributed by atoms with van der Waals surface area (Å²) in [5, 5.41) is 3.19. The Morgan fingerprint density at radius 1 is 1.44 bits per heavy atom. The lowest BCUT2D eigenvalue weighted by Gasteiger charge is -2.36. The van der Waals surface area contributed by atoms with E-state index in [4.69, 9.17) is 0 Å². The summed E-state index contributed by atoms with van der Waals surface area (Å²) in [7, 11) is 1.96. The molecule has 1 N–H and O–H groups in total. The number of likely N-dealkylation sites (tertiary alicyclic amines) is 1. The number of carbonyl (C=O) groups is 1. The summed E-state index contributed by atoms with van der Waals surface area (Å²) in [4.78, 5) is 14.1. The second kappa shape index (κ2) is 5.67. The van der Waals surface area contributed by atoms with E-state index in [0.717, 1.165) is 19.5 Å². The molecule has 1 unspecified atom stereocenters. The highest BCUT2D eigenvalue weighted by Gasteiger charge is 2.44. The molecule has 0 aromatic heterocycles. The van der Waals surface area contributed by atoms with Crippen molar-refractivity contribution >= 4 is 5.91 Å². The van der Waals surface area contributed by atoms with E-state index in [1.165, 1.54) is 12.8 Å². The average molecular weight is 226 g/mol. The molecule has 0 radical (unpaired) electrons. The van der Waals surface area contributed by atoms with Gasteiger partial charge in [0.15, 0.2) is 0 Å². The minimum Gasteiger partial charge on any atom is -0.337 e. The highest BCUT2D eigenvalue weighted by molar-refractivity contribution is 5.80. The van der Waals surface area contributed by atoms with Crippen LogP contribution in [0.2, 0.25) is 0 Å². The quantitative estimate of drug-likeness (QED) is 0.703. The van der Waals surface area contributed by atoms with Crippen LogP contribution >= 0.6 is 0 Å². The number of unbranched alkanes of at least 4 members (excludes halogenated alkanes) is 2. The molecule has 0 spiro atoms. The minimum atomic E-state index is 0.0217. The van der Waals surface area contributed by atoms with Crippen molar-refractivity contribution in [2.24, 2.45) is 5.92 Å². The first-order valence-corrected chi connectivity index (χ1v) is 6.49. The molecule has 1 aliphatic rings. The first-order valence-electron chi connectivity index (χ1n) is 6.49. The molecule has 1 rings (SSSR count). The van der Waals surface area contributed by atoms with Crippen LogP contribution in [0.5, 0.6) is 0 Å². The molecule has 0 aromatic carbocycles. The second-order valence-corrected chi connectivity index (χ2v) is 5.36. The maximum atomic E-state index is 12.0. The molecule has 1 heterocycles. The Balaban J connectivity index is 2.58. The van der Waals surface area contributed by atoms with Crippen LogP contribution in [0.15, 0.2) is 0 Å². The van der Waals surface area contributed by atoms with Crippen molar-refractivity contribution in [1.82, 2.24) is 10.2 Å². The maximum Gasteiger partial charge on any atom is 0.223 e. The van der Waals surface area contributed by atoms with Gasteiger partial charge in [-0.05, 0) is 27.3 Å². The normalized spacial score (nSPS) is 24.1. The maximum absolute atomic E-state index is 12.0. The molecule has 16 heavy (non-hydrogen) atoms. The molecule has 0 bridgehead atoms. The van der Waals surface area contributed by atoms with Gasteiger partial charge in [0.05, 0.1) is 0 Å². The Morgan fingerprint density at radius 2 is 2.12 bits per heavy atom. The van der Waals surface area contributed by atoms with E-state index >= 15 is 0 Å². The molecule has 0 saturated carbocycles. The molecular weight excluding hydrogens is 200 g/mol. The summed E-state index contributed by atoms with van der Waals surface area (Å²) in [5.41, 5.74) is 0.0217. The van der Waals surface area contributed by atoms with E-state index in [2.05, 4.69) is 31.0 Å². The standard InChI is InChI=1S/C13H26N2O/c1-5-6-7-8-15-12(16)9-11(10-14-4)13(15,2)3/h11,14H,5-10H2,1-4H3. The SMILES string of the molecule is CCCCCN1C(=O)CC(CNC)C1(C)C. The van der Waals surface area contributed by atoms with Gasteiger partial charge in [0, 0.05) is 31.0 Å². The third-order valence-electron chi connectivity index (χ3n) is 3.85. The number of hydrogen-bond acceptors (Lipinski definition) is 2. The average Bonchev–Trinajstić information content (AvgIpc) is 2.42. The Bertz CT molecular complexity index is 238. The molecule has 0 aromatic rings. The predicted molar refractivity (Wildman–Crippen MR) is 67.4 cm³/mol.